The summed E-state index contributed by atoms with van der Waals surface area (Å²) in [5.74, 6) is -1.23. The predicted octanol–water partition coefficient (Wildman–Crippen LogP) is 12.0. The van der Waals surface area contributed by atoms with Crippen LogP contribution in [0.15, 0.2) is 164 Å². The molecule has 0 saturated heterocycles. The summed E-state index contributed by atoms with van der Waals surface area (Å²) in [6.45, 7) is 3.51. The summed E-state index contributed by atoms with van der Waals surface area (Å²) in [4.78, 5) is 24.8. The molecule has 75 heavy (non-hydrogen) atoms. The Morgan fingerprint density at radius 3 is 1.44 bits per heavy atom. The Hall–Kier alpha value is -6.41. The zero-order chi connectivity index (χ0) is 53.5. The minimum Gasteiger partial charge on any atom is -0.870 e. The van der Waals surface area contributed by atoms with Crippen molar-refractivity contribution in [2.45, 2.75) is 36.5 Å². The number of carbonyl (C=O) groups is 2. The van der Waals surface area contributed by atoms with Gasteiger partial charge in [-0.1, -0.05) is 103 Å². The van der Waals surface area contributed by atoms with E-state index in [4.69, 9.17) is 32.7 Å². The third kappa shape index (κ3) is 13.3. The quantitative estimate of drug-likeness (QED) is 0.0449. The number of methoxy groups -OCH3 is 2. The minimum atomic E-state index is -5.00. The first-order valence-electron chi connectivity index (χ1n) is 22.1. The average Bonchev–Trinajstić information content (AvgIpc) is 3.37. The van der Waals surface area contributed by atoms with E-state index in [9.17, 15) is 45.7 Å². The van der Waals surface area contributed by atoms with E-state index < -0.39 is 53.3 Å². The van der Waals surface area contributed by atoms with Gasteiger partial charge in [0, 0.05) is 27.7 Å². The first kappa shape index (κ1) is 57.9. The monoisotopic (exact) mass is 1210 g/mol. The van der Waals surface area contributed by atoms with Crippen LogP contribution in [0.2, 0.25) is 10.0 Å². The maximum Gasteiger partial charge on any atom is 2.00 e. The zero-order valence-corrected chi connectivity index (χ0v) is 47.7. The number of nitrogens with zero attached hydrogens (tertiary/aromatic N) is 4. The molecule has 0 bridgehead atoms. The number of nitrogens with one attached hydrogen (secondary N) is 2. The van der Waals surface area contributed by atoms with Gasteiger partial charge in [0.1, 0.15) is 48.5 Å². The molecule has 0 aromatic heterocycles. The van der Waals surface area contributed by atoms with Gasteiger partial charge in [-0.3, -0.25) is 14.1 Å². The number of fused-ring (bicyclic) bond motifs is 2. The number of hydrogen-bond acceptors (Lipinski definition) is 15. The average molecular weight is 1220 g/mol. The first-order valence-corrected chi connectivity index (χ1v) is 25.7. The number of halogens is 2. The van der Waals surface area contributed by atoms with Crippen LogP contribution in [-0.2, 0) is 33.1 Å². The van der Waals surface area contributed by atoms with E-state index in [1.165, 1.54) is 44.6 Å². The summed E-state index contributed by atoms with van der Waals surface area (Å²) in [5.41, 5.74) is 0.864. The van der Waals surface area contributed by atoms with Crippen LogP contribution in [0.3, 0.4) is 0 Å². The Balaban J connectivity index is 0.000000241. The predicted molar refractivity (Wildman–Crippen MR) is 284 cm³/mol. The number of hydrogen-bond donors (Lipinski definition) is 4. The van der Waals surface area contributed by atoms with Gasteiger partial charge in [0.25, 0.3) is 21.9 Å². The smallest absolute Gasteiger partial charge is 0.870 e. The molecule has 8 aromatic carbocycles. The van der Waals surface area contributed by atoms with Crippen LogP contribution >= 0.6 is 23.2 Å². The van der Waals surface area contributed by atoms with Crippen LogP contribution in [0.5, 0.6) is 23.0 Å². The second-order valence-corrected chi connectivity index (χ2v) is 19.3. The van der Waals surface area contributed by atoms with Gasteiger partial charge in [0.05, 0.1) is 35.5 Å². The second-order valence-electron chi connectivity index (χ2n) is 15.8. The molecule has 2 amide bonds. The summed E-state index contributed by atoms with van der Waals surface area (Å²) in [6.07, 6.45) is 0.689. The molecule has 0 aliphatic heterocycles. The molecule has 0 fully saturated rings. The number of anilines is 2. The van der Waals surface area contributed by atoms with Gasteiger partial charge in [-0.05, 0) is 108 Å². The number of aryl methyl sites for hydroxylation is 2. The molecule has 23 heteroatoms. The largest absolute Gasteiger partial charge is 2.00 e. The van der Waals surface area contributed by atoms with Crippen LogP contribution in [0.4, 0.5) is 34.1 Å². The Bertz CT molecular complexity index is 3530. The van der Waals surface area contributed by atoms with Gasteiger partial charge >= 0.3 is 48.9 Å². The SMILES string of the molecule is CCc1ccc(Cl)c(S(=O)(=O)O)c1N=Nc1c(O)c(C(=O)Nc2ccc(OC)cc2)cc2ccccc12.CCc1ccc(Cl)c(S(=O)(=O)[O-])c1N=Nc1c([O-])c(C(=O)Nc2ccc(OC)cc2)cc2ccccc12.[Ba+2]. The van der Waals surface area contributed by atoms with E-state index in [-0.39, 0.29) is 92.8 Å². The summed E-state index contributed by atoms with van der Waals surface area (Å²) < 4.78 is 79.9. The summed E-state index contributed by atoms with van der Waals surface area (Å²) in [5, 5.41) is 47.6. The fourth-order valence-electron chi connectivity index (χ4n) is 7.56. The standard InChI is InChI=1S/2C26H22ClN3O6S.Ba/c2*1-3-15-8-13-21(27)25(37(33,34)35)22(15)29-30-23-19-7-5-4-6-16(19)14-20(24(23)31)26(32)28-17-9-11-18(36-2)12-10-17;/h2*4-14,31H,3H2,1-2H3,(H,28,32)(H,33,34,35);/q;;+2/p-2. The Kier molecular flexibility index (Phi) is 19.3. The molecule has 0 unspecified atom stereocenters. The molecule has 0 spiro atoms. The number of aromatic hydroxyl groups is 1. The van der Waals surface area contributed by atoms with E-state index in [0.29, 0.717) is 68.4 Å². The Morgan fingerprint density at radius 1 is 0.587 bits per heavy atom. The maximum atomic E-state index is 13.4. The third-order valence-corrected chi connectivity index (χ3v) is 14.0. The van der Waals surface area contributed by atoms with Gasteiger partial charge in [-0.15, -0.1) is 15.3 Å². The van der Waals surface area contributed by atoms with Gasteiger partial charge in [0.2, 0.25) is 0 Å². The maximum absolute atomic E-state index is 13.4. The van der Waals surface area contributed by atoms with Crippen molar-refractivity contribution in [3.05, 3.63) is 166 Å². The van der Waals surface area contributed by atoms with Crippen LogP contribution in [-0.4, -0.2) is 106 Å². The molecule has 0 aliphatic rings. The van der Waals surface area contributed by atoms with Crippen molar-refractivity contribution in [2.75, 3.05) is 24.9 Å². The van der Waals surface area contributed by atoms with Gasteiger partial charge in [0.15, 0.2) is 5.75 Å². The number of ether oxygens (including phenoxy) is 2. The van der Waals surface area contributed by atoms with E-state index in [1.807, 2.05) is 0 Å². The fourth-order valence-corrected chi connectivity index (χ4v) is 9.89. The number of phenols is 1. The van der Waals surface area contributed by atoms with E-state index in [1.54, 1.807) is 117 Å². The van der Waals surface area contributed by atoms with Gasteiger partial charge in [-0.2, -0.15) is 13.5 Å². The number of azo groups is 2. The van der Waals surface area contributed by atoms with Crippen molar-refractivity contribution in [3.63, 3.8) is 0 Å². The number of rotatable bonds is 14. The molecule has 0 atom stereocenters. The summed E-state index contributed by atoms with van der Waals surface area (Å²) in [7, 11) is -6.69. The fraction of sp³-hybridized carbons (Fsp3) is 0.115. The molecular formula is C52H42BaCl2N6O12S2. The van der Waals surface area contributed by atoms with E-state index in [0.717, 1.165) is 0 Å². The van der Waals surface area contributed by atoms with Crippen LogP contribution < -0.4 is 25.2 Å². The van der Waals surface area contributed by atoms with Gasteiger partial charge in [-0.25, -0.2) is 8.42 Å². The number of benzene rings is 8. The van der Waals surface area contributed by atoms with Crippen molar-refractivity contribution in [2.24, 2.45) is 20.5 Å². The summed E-state index contributed by atoms with van der Waals surface area (Å²) >= 11 is 12.1. The van der Waals surface area contributed by atoms with Crippen LogP contribution in [0.1, 0.15) is 45.7 Å². The molecular weight excluding hydrogens is 1170 g/mol. The van der Waals surface area contributed by atoms with Gasteiger partial charge < -0.3 is 34.9 Å². The normalized spacial score (nSPS) is 11.5. The Labute approximate surface area is 481 Å². The second kappa shape index (κ2) is 25.0. The van der Waals surface area contributed by atoms with Crippen molar-refractivity contribution in [3.8, 4) is 23.0 Å². The Morgan fingerprint density at radius 2 is 0.987 bits per heavy atom. The summed E-state index contributed by atoms with van der Waals surface area (Å²) in [6, 6.07) is 35.6. The number of amides is 2. The molecule has 0 heterocycles. The third-order valence-electron chi connectivity index (χ3n) is 11.3. The topological polar surface area (TPSA) is 281 Å². The van der Waals surface area contributed by atoms with Crippen LogP contribution in [0, 0.1) is 0 Å². The van der Waals surface area contributed by atoms with Crippen molar-refractivity contribution in [1.82, 2.24) is 0 Å². The van der Waals surface area contributed by atoms with E-state index >= 15 is 0 Å². The van der Waals surface area contributed by atoms with Crippen molar-refractivity contribution in [1.29, 1.82) is 0 Å². The molecule has 380 valence electrons. The minimum absolute atomic E-state index is 0. The van der Waals surface area contributed by atoms with Crippen LogP contribution in [0.25, 0.3) is 21.5 Å². The van der Waals surface area contributed by atoms with Crippen molar-refractivity contribution >= 4 is 160 Å². The molecule has 0 aliphatic carbocycles. The molecule has 8 aromatic rings. The van der Waals surface area contributed by atoms with Crippen molar-refractivity contribution < 1.29 is 55.2 Å². The molecule has 8 rings (SSSR count). The van der Waals surface area contributed by atoms with E-state index in [2.05, 4.69) is 31.1 Å². The number of phenolic OH excluding ortho intramolecular Hbond substituents is 1. The molecule has 0 radical (unpaired) electrons. The number of carbonyl (C=O) groups excluding carboxylic acids is 2. The molecule has 18 nitrogen and oxygen atoms in total. The molecule has 0 saturated carbocycles. The molecule has 4 N–H and O–H groups in total. The first-order chi connectivity index (χ1) is 35.3. The zero-order valence-electron chi connectivity index (χ0n) is 40.2.